The Morgan fingerprint density at radius 2 is 1.17 bits per heavy atom. The molecule has 0 aliphatic heterocycles. The summed E-state index contributed by atoms with van der Waals surface area (Å²) in [5, 5.41) is 17.6. The molecule has 0 atom stereocenters. The molecule has 0 spiro atoms. The number of aromatic nitrogens is 4. The van der Waals surface area contributed by atoms with Crippen LogP contribution in [0.4, 0.5) is 0 Å². The molecule has 4 heterocycles. The van der Waals surface area contributed by atoms with Crippen LogP contribution in [0.1, 0.15) is 5.56 Å². The first-order valence-electron chi connectivity index (χ1n) is 17.3. The van der Waals surface area contributed by atoms with Crippen LogP contribution >= 0.6 is 11.3 Å². The molecule has 0 amide bonds. The topological polar surface area (TPSA) is 80.5 Å². The average molecular weight is 696 g/mol. The Hall–Kier alpha value is -7.14. The number of benzene rings is 7. The van der Waals surface area contributed by atoms with Crippen molar-refractivity contribution in [3.63, 3.8) is 0 Å². The number of furan rings is 1. The Labute approximate surface area is 306 Å². The second-order valence-electron chi connectivity index (χ2n) is 13.1. The van der Waals surface area contributed by atoms with Gasteiger partial charge in [0.1, 0.15) is 17.2 Å². The van der Waals surface area contributed by atoms with Crippen molar-refractivity contribution in [2.75, 3.05) is 0 Å². The molecule has 6 nitrogen and oxygen atoms in total. The molecule has 0 unspecified atom stereocenters. The molecular formula is C46H25N5OS. The van der Waals surface area contributed by atoms with Crippen LogP contribution in [0.15, 0.2) is 156 Å². The Morgan fingerprint density at radius 3 is 1.91 bits per heavy atom. The van der Waals surface area contributed by atoms with Gasteiger partial charge in [0.15, 0.2) is 17.5 Å². The van der Waals surface area contributed by atoms with Gasteiger partial charge >= 0.3 is 0 Å². The maximum Gasteiger partial charge on any atom is 0.169 e. The van der Waals surface area contributed by atoms with Gasteiger partial charge in [-0.2, -0.15) is 5.26 Å². The first-order valence-corrected chi connectivity index (χ1v) is 18.2. The van der Waals surface area contributed by atoms with E-state index in [1.54, 1.807) is 11.3 Å². The van der Waals surface area contributed by atoms with Crippen LogP contribution in [0.3, 0.4) is 0 Å². The summed E-state index contributed by atoms with van der Waals surface area (Å²) >= 11 is 1.80. The fourth-order valence-corrected chi connectivity index (χ4v) is 8.91. The number of nitriles is 1. The van der Waals surface area contributed by atoms with Gasteiger partial charge in [-0.3, -0.25) is 0 Å². The molecule has 0 saturated carbocycles. The highest BCUT2D eigenvalue weighted by Gasteiger charge is 2.27. The SMILES string of the molecule is N#Cc1cc(-n2c3ccccc3c3ccc4sc5ccccc5c4c32)c2c(oc3ccccc32)c1-c1nc(-c2ccccc2)nc(-c2ccccc2)n1. The third-order valence-electron chi connectivity index (χ3n) is 10.1. The van der Waals surface area contributed by atoms with Gasteiger partial charge in [-0.25, -0.2) is 15.0 Å². The van der Waals surface area contributed by atoms with Crippen LogP contribution in [0, 0.1) is 11.3 Å². The lowest BCUT2D eigenvalue weighted by molar-refractivity contribution is 0.669. The highest BCUT2D eigenvalue weighted by molar-refractivity contribution is 7.26. The molecular weight excluding hydrogens is 671 g/mol. The summed E-state index contributed by atoms with van der Waals surface area (Å²) in [5.41, 5.74) is 6.91. The van der Waals surface area contributed by atoms with Crippen LogP contribution in [0.25, 0.3) is 104 Å². The summed E-state index contributed by atoms with van der Waals surface area (Å²) in [7, 11) is 0. The maximum atomic E-state index is 11.0. The Bertz CT molecular complexity index is 3240. The van der Waals surface area contributed by atoms with Crippen molar-refractivity contribution in [2.24, 2.45) is 0 Å². The quantitative estimate of drug-likeness (QED) is 0.183. The zero-order valence-corrected chi connectivity index (χ0v) is 28.8. The van der Waals surface area contributed by atoms with Crippen molar-refractivity contribution >= 4 is 75.3 Å². The van der Waals surface area contributed by atoms with Gasteiger partial charge in [0.05, 0.1) is 33.2 Å². The van der Waals surface area contributed by atoms with E-state index in [0.717, 1.165) is 49.4 Å². The fourth-order valence-electron chi connectivity index (χ4n) is 7.80. The summed E-state index contributed by atoms with van der Waals surface area (Å²) in [6, 6.07) is 53.9. The Kier molecular flexibility index (Phi) is 6.38. The molecule has 0 N–H and O–H groups in total. The van der Waals surface area contributed by atoms with Gasteiger partial charge < -0.3 is 8.98 Å². The molecule has 246 valence electrons. The van der Waals surface area contributed by atoms with Gasteiger partial charge in [-0.15, -0.1) is 11.3 Å². The third-order valence-corrected chi connectivity index (χ3v) is 11.2. The molecule has 7 aromatic carbocycles. The molecule has 7 heteroatoms. The lowest BCUT2D eigenvalue weighted by atomic mass is 10.00. The molecule has 0 aliphatic carbocycles. The second-order valence-corrected chi connectivity index (χ2v) is 14.1. The average Bonchev–Trinajstić information content (AvgIpc) is 3.90. The van der Waals surface area contributed by atoms with Crippen LogP contribution < -0.4 is 0 Å². The Balaban J connectivity index is 1.30. The van der Waals surface area contributed by atoms with Gasteiger partial charge in [-0.1, -0.05) is 121 Å². The van der Waals surface area contributed by atoms with Crippen molar-refractivity contribution in [1.82, 2.24) is 19.5 Å². The minimum atomic E-state index is 0.373. The van der Waals surface area contributed by atoms with Gasteiger partial charge in [0.2, 0.25) is 0 Å². The van der Waals surface area contributed by atoms with E-state index in [9.17, 15) is 5.26 Å². The summed E-state index contributed by atoms with van der Waals surface area (Å²) in [4.78, 5) is 15.0. The van der Waals surface area contributed by atoms with Crippen molar-refractivity contribution in [3.8, 4) is 45.9 Å². The Morgan fingerprint density at radius 1 is 0.547 bits per heavy atom. The van der Waals surface area contributed by atoms with Crippen molar-refractivity contribution in [3.05, 3.63) is 157 Å². The minimum Gasteiger partial charge on any atom is -0.455 e. The van der Waals surface area contributed by atoms with Gasteiger partial charge in [0.25, 0.3) is 0 Å². The van der Waals surface area contributed by atoms with E-state index in [2.05, 4.69) is 77.4 Å². The van der Waals surface area contributed by atoms with E-state index in [1.807, 2.05) is 84.9 Å². The maximum absolute atomic E-state index is 11.0. The van der Waals surface area contributed by atoms with Crippen molar-refractivity contribution in [2.45, 2.75) is 0 Å². The van der Waals surface area contributed by atoms with E-state index in [-0.39, 0.29) is 0 Å². The highest BCUT2D eigenvalue weighted by Crippen LogP contribution is 2.47. The van der Waals surface area contributed by atoms with Crippen LogP contribution in [-0.4, -0.2) is 19.5 Å². The molecule has 11 rings (SSSR count). The van der Waals surface area contributed by atoms with E-state index < -0.39 is 0 Å². The lowest BCUT2D eigenvalue weighted by Gasteiger charge is -2.14. The first kappa shape index (κ1) is 29.6. The van der Waals surface area contributed by atoms with Crippen molar-refractivity contribution in [1.29, 1.82) is 5.26 Å². The predicted octanol–water partition coefficient (Wildman–Crippen LogP) is 12.1. The second kappa shape index (κ2) is 11.4. The standard InChI is InChI=1S/C46H25N5OS/c47-26-29-25-35(51-34-20-10-7-17-30(34)31-23-24-38-41(42(31)51)33-19-9-12-22-37(33)53-38)40-32-18-8-11-21-36(32)52-43(40)39(29)46-49-44(27-13-3-1-4-14-27)48-45(50-46)28-15-5-2-6-16-28/h1-25H. The number of para-hydroxylation sites is 2. The number of nitrogens with zero attached hydrogens (tertiary/aromatic N) is 5. The molecule has 11 aromatic rings. The van der Waals surface area contributed by atoms with E-state index in [0.29, 0.717) is 39.8 Å². The number of rotatable bonds is 4. The van der Waals surface area contributed by atoms with E-state index in [4.69, 9.17) is 19.4 Å². The number of hydrogen-bond donors (Lipinski definition) is 0. The largest absolute Gasteiger partial charge is 0.455 e. The zero-order valence-electron chi connectivity index (χ0n) is 28.0. The molecule has 53 heavy (non-hydrogen) atoms. The van der Waals surface area contributed by atoms with Crippen LogP contribution in [0.5, 0.6) is 0 Å². The monoisotopic (exact) mass is 695 g/mol. The smallest absolute Gasteiger partial charge is 0.169 e. The van der Waals surface area contributed by atoms with Gasteiger partial charge in [-0.05, 0) is 30.3 Å². The number of hydrogen-bond acceptors (Lipinski definition) is 6. The number of fused-ring (bicyclic) bond motifs is 10. The van der Waals surface area contributed by atoms with E-state index >= 15 is 0 Å². The molecule has 0 bridgehead atoms. The summed E-state index contributed by atoms with van der Waals surface area (Å²) in [5.74, 6) is 1.40. The zero-order chi connectivity index (χ0) is 35.0. The van der Waals surface area contributed by atoms with Crippen LogP contribution in [0.2, 0.25) is 0 Å². The fraction of sp³-hybridized carbons (Fsp3) is 0. The molecule has 4 aromatic heterocycles. The first-order chi connectivity index (χ1) is 26.2. The summed E-state index contributed by atoms with van der Waals surface area (Å²) in [6.07, 6.45) is 0. The molecule has 0 aliphatic rings. The van der Waals surface area contributed by atoms with Gasteiger partial charge in [0, 0.05) is 47.5 Å². The highest BCUT2D eigenvalue weighted by atomic mass is 32.1. The lowest BCUT2D eigenvalue weighted by Crippen LogP contribution is -2.03. The number of thiophene rings is 1. The van der Waals surface area contributed by atoms with E-state index in [1.165, 1.54) is 20.2 Å². The van der Waals surface area contributed by atoms with Crippen molar-refractivity contribution < 1.29 is 4.42 Å². The predicted molar refractivity (Wildman–Crippen MR) is 215 cm³/mol. The summed E-state index contributed by atoms with van der Waals surface area (Å²) in [6.45, 7) is 0. The summed E-state index contributed by atoms with van der Waals surface area (Å²) < 4.78 is 11.6. The molecule has 0 radical (unpaired) electrons. The molecule has 0 fully saturated rings. The third kappa shape index (κ3) is 4.40. The molecule has 0 saturated heterocycles. The van der Waals surface area contributed by atoms with Crippen LogP contribution in [-0.2, 0) is 0 Å². The normalized spacial score (nSPS) is 11.8. The minimum absolute atomic E-state index is 0.373.